The Labute approximate surface area is 162 Å². The Morgan fingerprint density at radius 2 is 1.52 bits per heavy atom. The number of benzene rings is 2. The highest BCUT2D eigenvalue weighted by molar-refractivity contribution is 5.73. The molecule has 1 aromatic heterocycles. The van der Waals surface area contributed by atoms with Crippen LogP contribution >= 0.6 is 0 Å². The first-order valence-electron chi connectivity index (χ1n) is 9.73. The maximum absolute atomic E-state index is 6.15. The molecule has 0 aliphatic heterocycles. The molecule has 0 aliphatic rings. The summed E-state index contributed by atoms with van der Waals surface area (Å²) in [4.78, 5) is 1.71. The van der Waals surface area contributed by atoms with Gasteiger partial charge in [-0.1, -0.05) is 59.7 Å². The second-order valence-corrected chi connectivity index (χ2v) is 9.42. The molecule has 0 spiro atoms. The fourth-order valence-corrected chi connectivity index (χ4v) is 3.01. The lowest BCUT2D eigenvalue weighted by Gasteiger charge is -2.21. The summed E-state index contributed by atoms with van der Waals surface area (Å²) in [6.45, 7) is 14.1. The Balaban J connectivity index is 1.92. The summed E-state index contributed by atoms with van der Waals surface area (Å²) in [5.41, 5.74) is 4.28. The molecule has 0 bridgehead atoms. The van der Waals surface area contributed by atoms with Crippen LogP contribution in [-0.4, -0.2) is 21.6 Å². The van der Waals surface area contributed by atoms with Gasteiger partial charge in [-0.3, -0.25) is 0 Å². The largest absolute Gasteiger partial charge is 0.491 e. The van der Waals surface area contributed by atoms with Gasteiger partial charge < -0.3 is 4.74 Å². The average Bonchev–Trinajstić information content (AvgIpc) is 3.01. The van der Waals surface area contributed by atoms with Crippen molar-refractivity contribution in [2.24, 2.45) is 5.41 Å². The molecule has 3 aromatic rings. The molecule has 0 unspecified atom stereocenters. The van der Waals surface area contributed by atoms with Gasteiger partial charge in [-0.15, -0.1) is 15.0 Å². The van der Waals surface area contributed by atoms with Crippen LogP contribution in [0.2, 0.25) is 0 Å². The van der Waals surface area contributed by atoms with Crippen molar-refractivity contribution < 1.29 is 4.74 Å². The Morgan fingerprint density at radius 3 is 2.07 bits per heavy atom. The molecule has 2 aromatic carbocycles. The minimum Gasteiger partial charge on any atom is -0.491 e. The number of fused-ring (bicyclic) bond motifs is 1. The molecule has 0 saturated heterocycles. The third-order valence-electron chi connectivity index (χ3n) is 4.66. The first-order chi connectivity index (χ1) is 12.6. The monoisotopic (exact) mass is 365 g/mol. The average molecular weight is 366 g/mol. The molecule has 0 radical (unpaired) electrons. The first kappa shape index (κ1) is 19.4. The fourth-order valence-electron chi connectivity index (χ4n) is 3.01. The molecular weight excluding hydrogens is 334 g/mol. The summed E-state index contributed by atoms with van der Waals surface area (Å²) in [6, 6.07) is 14.3. The number of hydrogen-bond donors (Lipinski definition) is 0. The number of ether oxygens (including phenoxy) is 1. The molecule has 0 aliphatic carbocycles. The van der Waals surface area contributed by atoms with Crippen molar-refractivity contribution in [3.8, 4) is 11.4 Å². The van der Waals surface area contributed by atoms with Gasteiger partial charge in [-0.05, 0) is 53.5 Å². The Bertz CT molecular complexity index is 880. The van der Waals surface area contributed by atoms with Gasteiger partial charge in [0.25, 0.3) is 0 Å². The predicted molar refractivity (Wildman–Crippen MR) is 112 cm³/mol. The first-order valence-corrected chi connectivity index (χ1v) is 9.73. The van der Waals surface area contributed by atoms with Crippen LogP contribution < -0.4 is 4.74 Å². The minimum atomic E-state index is 0.0477. The van der Waals surface area contributed by atoms with E-state index in [2.05, 4.69) is 69.9 Å². The SMILES string of the molecule is CC(C)(C)CCCOc1ccc(C(C)(C)C)cc1-n1nc2ccccc2n1. The maximum Gasteiger partial charge on any atom is 0.146 e. The highest BCUT2D eigenvalue weighted by Crippen LogP contribution is 2.31. The van der Waals surface area contributed by atoms with Gasteiger partial charge in [-0.25, -0.2) is 0 Å². The highest BCUT2D eigenvalue weighted by Gasteiger charge is 2.18. The van der Waals surface area contributed by atoms with Gasteiger partial charge in [0.2, 0.25) is 0 Å². The molecule has 0 saturated carbocycles. The Morgan fingerprint density at radius 1 is 0.889 bits per heavy atom. The van der Waals surface area contributed by atoms with E-state index < -0.39 is 0 Å². The van der Waals surface area contributed by atoms with Crippen LogP contribution in [0.25, 0.3) is 16.7 Å². The molecule has 0 N–H and O–H groups in total. The molecule has 1 heterocycles. The van der Waals surface area contributed by atoms with E-state index in [1.807, 2.05) is 24.3 Å². The van der Waals surface area contributed by atoms with Gasteiger partial charge in [0, 0.05) is 0 Å². The van der Waals surface area contributed by atoms with Crippen LogP contribution in [0.1, 0.15) is 59.9 Å². The van der Waals surface area contributed by atoms with Crippen molar-refractivity contribution in [3.05, 3.63) is 48.0 Å². The van der Waals surface area contributed by atoms with E-state index in [0.717, 1.165) is 35.3 Å². The predicted octanol–water partition coefficient (Wildman–Crippen LogP) is 5.92. The molecule has 0 amide bonds. The van der Waals surface area contributed by atoms with E-state index in [-0.39, 0.29) is 5.41 Å². The van der Waals surface area contributed by atoms with E-state index >= 15 is 0 Å². The van der Waals surface area contributed by atoms with Crippen molar-refractivity contribution >= 4 is 11.0 Å². The Hall–Kier alpha value is -2.36. The fraction of sp³-hybridized carbons (Fsp3) is 0.478. The van der Waals surface area contributed by atoms with Crippen molar-refractivity contribution in [2.45, 2.75) is 59.8 Å². The van der Waals surface area contributed by atoms with Crippen LogP contribution in [0.15, 0.2) is 42.5 Å². The number of rotatable bonds is 5. The van der Waals surface area contributed by atoms with Gasteiger partial charge in [-0.2, -0.15) is 0 Å². The highest BCUT2D eigenvalue weighted by atomic mass is 16.5. The third-order valence-corrected chi connectivity index (χ3v) is 4.66. The van der Waals surface area contributed by atoms with Crippen LogP contribution in [0, 0.1) is 5.41 Å². The number of nitrogens with zero attached hydrogens (tertiary/aromatic N) is 3. The number of aromatic nitrogens is 3. The molecule has 27 heavy (non-hydrogen) atoms. The summed E-state index contributed by atoms with van der Waals surface area (Å²) in [7, 11) is 0. The van der Waals surface area contributed by atoms with Gasteiger partial charge in [0.05, 0.1) is 6.61 Å². The van der Waals surface area contributed by atoms with Crippen LogP contribution in [0.3, 0.4) is 0 Å². The van der Waals surface area contributed by atoms with Crippen LogP contribution in [0.4, 0.5) is 0 Å². The van der Waals surface area contributed by atoms with Crippen molar-refractivity contribution in [2.75, 3.05) is 6.61 Å². The van der Waals surface area contributed by atoms with E-state index in [4.69, 9.17) is 4.74 Å². The standard InChI is InChI=1S/C23H31N3O/c1-22(2,3)14-9-15-27-21-13-12-17(23(4,5)6)16-20(21)26-24-18-10-7-8-11-19(18)25-26/h7-8,10-13,16H,9,14-15H2,1-6H3. The summed E-state index contributed by atoms with van der Waals surface area (Å²) >= 11 is 0. The number of hydrogen-bond acceptors (Lipinski definition) is 3. The molecular formula is C23H31N3O. The van der Waals surface area contributed by atoms with E-state index in [0.29, 0.717) is 12.0 Å². The van der Waals surface area contributed by atoms with Crippen LogP contribution in [0.5, 0.6) is 5.75 Å². The van der Waals surface area contributed by atoms with Gasteiger partial charge in [0.15, 0.2) is 0 Å². The molecule has 4 nitrogen and oxygen atoms in total. The smallest absolute Gasteiger partial charge is 0.146 e. The summed E-state index contributed by atoms with van der Waals surface area (Å²) < 4.78 is 6.15. The van der Waals surface area contributed by atoms with E-state index in [1.54, 1.807) is 4.80 Å². The van der Waals surface area contributed by atoms with Crippen molar-refractivity contribution in [1.82, 2.24) is 15.0 Å². The zero-order valence-corrected chi connectivity index (χ0v) is 17.4. The van der Waals surface area contributed by atoms with E-state index in [1.165, 1.54) is 5.56 Å². The van der Waals surface area contributed by atoms with Crippen molar-refractivity contribution in [1.29, 1.82) is 0 Å². The lowest BCUT2D eigenvalue weighted by molar-refractivity contribution is 0.268. The zero-order chi connectivity index (χ0) is 19.7. The van der Waals surface area contributed by atoms with E-state index in [9.17, 15) is 0 Å². The second kappa shape index (κ2) is 7.34. The normalized spacial score (nSPS) is 12.5. The van der Waals surface area contributed by atoms with Gasteiger partial charge >= 0.3 is 0 Å². The quantitative estimate of drug-likeness (QED) is 0.527. The van der Waals surface area contributed by atoms with Crippen LogP contribution in [-0.2, 0) is 5.41 Å². The second-order valence-electron chi connectivity index (χ2n) is 9.42. The maximum atomic E-state index is 6.15. The molecule has 4 heteroatoms. The zero-order valence-electron chi connectivity index (χ0n) is 17.4. The minimum absolute atomic E-state index is 0.0477. The lowest BCUT2D eigenvalue weighted by atomic mass is 9.87. The topological polar surface area (TPSA) is 39.9 Å². The third kappa shape index (κ3) is 4.88. The summed E-state index contributed by atoms with van der Waals surface area (Å²) in [5, 5.41) is 9.32. The molecule has 0 atom stereocenters. The Kier molecular flexibility index (Phi) is 5.27. The summed E-state index contributed by atoms with van der Waals surface area (Å²) in [6.07, 6.45) is 2.16. The van der Waals surface area contributed by atoms with Crippen molar-refractivity contribution in [3.63, 3.8) is 0 Å². The molecule has 0 fully saturated rings. The molecule has 3 rings (SSSR count). The van der Waals surface area contributed by atoms with Gasteiger partial charge in [0.1, 0.15) is 22.5 Å². The molecule has 144 valence electrons. The summed E-state index contributed by atoms with van der Waals surface area (Å²) in [5.74, 6) is 0.831. The lowest BCUT2D eigenvalue weighted by Crippen LogP contribution is -2.14.